The number of hydrogen-bond acceptors (Lipinski definition) is 14. The lowest BCUT2D eigenvalue weighted by molar-refractivity contribution is -0.288. The first-order valence-corrected chi connectivity index (χ1v) is 20.2. The van der Waals surface area contributed by atoms with Crippen LogP contribution in [0.15, 0.2) is 30.5 Å². The molecule has 2 aromatic rings. The number of aliphatic hydroxyl groups is 1. The van der Waals surface area contributed by atoms with E-state index in [2.05, 4.69) is 10.3 Å². The van der Waals surface area contributed by atoms with Crippen LogP contribution in [0.25, 0.3) is 11.3 Å². The molecule has 0 saturated carbocycles. The number of unbranched alkanes of at least 4 members (excludes halogenated alkanes) is 1. The highest BCUT2D eigenvalue weighted by molar-refractivity contribution is 6.08. The topological polar surface area (TPSA) is 221 Å². The molecule has 1 amide bonds. The largest absolute Gasteiger partial charge is 0.455 e. The van der Waals surface area contributed by atoms with Crippen LogP contribution in [-0.4, -0.2) is 122 Å². The van der Waals surface area contributed by atoms with E-state index in [0.29, 0.717) is 37.2 Å². The van der Waals surface area contributed by atoms with Crippen molar-refractivity contribution in [1.29, 1.82) is 0 Å². The van der Waals surface area contributed by atoms with Gasteiger partial charge in [-0.1, -0.05) is 45.0 Å². The van der Waals surface area contributed by atoms with Gasteiger partial charge in [0.15, 0.2) is 17.7 Å². The van der Waals surface area contributed by atoms with Crippen LogP contribution in [0.1, 0.15) is 87.5 Å². The molecule has 0 radical (unpaired) electrons. The zero-order valence-corrected chi connectivity index (χ0v) is 35.1. The predicted molar refractivity (Wildman–Crippen MR) is 210 cm³/mol. The molecule has 322 valence electrons. The molecule has 3 aliphatic heterocycles. The van der Waals surface area contributed by atoms with Crippen molar-refractivity contribution in [3.63, 3.8) is 0 Å². The number of methoxy groups -OCH3 is 1. The number of nitrogens with two attached hydrogens (primary N) is 2. The van der Waals surface area contributed by atoms with E-state index in [0.717, 1.165) is 12.5 Å². The lowest BCUT2D eigenvalue weighted by Crippen LogP contribution is -2.61. The zero-order chi connectivity index (χ0) is 42.9. The molecule has 3 aliphatic rings. The minimum Gasteiger partial charge on any atom is -0.455 e. The van der Waals surface area contributed by atoms with E-state index in [4.69, 9.17) is 35.2 Å². The Morgan fingerprint density at radius 1 is 1.05 bits per heavy atom. The van der Waals surface area contributed by atoms with Gasteiger partial charge >= 0.3 is 12.1 Å². The third-order valence-electron chi connectivity index (χ3n) is 12.4. The van der Waals surface area contributed by atoms with Crippen LogP contribution < -0.4 is 11.5 Å². The van der Waals surface area contributed by atoms with Gasteiger partial charge in [0.2, 0.25) is 0 Å². The molecular formula is C41H61FN6O10. The summed E-state index contributed by atoms with van der Waals surface area (Å²) < 4.78 is 48.6. The number of amides is 1. The highest BCUT2D eigenvalue weighted by atomic mass is 19.1. The van der Waals surface area contributed by atoms with E-state index in [1.165, 1.54) is 18.9 Å². The summed E-state index contributed by atoms with van der Waals surface area (Å²) in [6.45, 7) is 12.9. The lowest BCUT2D eigenvalue weighted by atomic mass is 9.73. The summed E-state index contributed by atoms with van der Waals surface area (Å²) >= 11 is 0. The second-order valence-corrected chi connectivity index (χ2v) is 16.9. The van der Waals surface area contributed by atoms with Gasteiger partial charge in [-0.15, -0.1) is 5.10 Å². The number of carbonyl (C=O) groups is 4. The van der Waals surface area contributed by atoms with Crippen molar-refractivity contribution in [1.82, 2.24) is 19.9 Å². The summed E-state index contributed by atoms with van der Waals surface area (Å²) in [5, 5.41) is 19.5. The Balaban J connectivity index is 1.45. The number of esters is 1. The quantitative estimate of drug-likeness (QED) is 0.134. The van der Waals surface area contributed by atoms with E-state index in [1.54, 1.807) is 52.3 Å². The number of alkyl halides is 1. The summed E-state index contributed by atoms with van der Waals surface area (Å²) in [4.78, 5) is 57.9. The summed E-state index contributed by atoms with van der Waals surface area (Å²) in [6.07, 6.45) is -3.09. The lowest BCUT2D eigenvalue weighted by Gasteiger charge is -2.46. The number of aliphatic hydroxyl groups excluding tert-OH is 1. The van der Waals surface area contributed by atoms with Crippen LogP contribution >= 0.6 is 0 Å². The molecule has 1 aromatic heterocycles. The number of carbonyl (C=O) groups excluding carboxylic acids is 4. The summed E-state index contributed by atoms with van der Waals surface area (Å²) in [5.74, 6) is -5.94. The minimum absolute atomic E-state index is 0.0300. The molecule has 1 aromatic carbocycles. The number of nitrogen functional groups attached to an aromatic ring is 1. The maximum absolute atomic E-state index is 16.8. The number of rotatable bonds is 10. The molecule has 0 aliphatic carbocycles. The SMILES string of the molecule is CC[C@H]1OC(=O)[C@@](C)(F)C(=O)[C@H](C)[C@@H](O[C@@H]2OC(C)CC(N)C2O)[C@](C)(OC)C[C@@H](C)C(=O)[C@H](C)[C@H]2N(CCCCn3cc(-c4cccc(N)c4)nn3)C(=O)O[C@]12C. The van der Waals surface area contributed by atoms with Crippen LogP contribution in [-0.2, 0) is 44.6 Å². The summed E-state index contributed by atoms with van der Waals surface area (Å²) in [5.41, 5.74) is 7.93. The van der Waals surface area contributed by atoms with Crippen molar-refractivity contribution in [3.05, 3.63) is 30.5 Å². The third-order valence-corrected chi connectivity index (χ3v) is 12.4. The second kappa shape index (κ2) is 17.7. The number of Topliss-reactive ketones (excluding diaryl/α,β-unsaturated/α-hetero) is 2. The minimum atomic E-state index is -3.20. The molecule has 3 unspecified atom stereocenters. The fraction of sp³-hybridized carbons (Fsp3) is 0.707. The first kappa shape index (κ1) is 45.1. The summed E-state index contributed by atoms with van der Waals surface area (Å²) in [6, 6.07) is 5.65. The normalized spacial score (nSPS) is 37.9. The van der Waals surface area contributed by atoms with E-state index < -0.39 is 95.3 Å². The van der Waals surface area contributed by atoms with Gasteiger partial charge in [0.25, 0.3) is 5.67 Å². The number of benzene rings is 1. The first-order valence-electron chi connectivity index (χ1n) is 20.2. The van der Waals surface area contributed by atoms with Gasteiger partial charge in [0.1, 0.15) is 23.7 Å². The van der Waals surface area contributed by atoms with Crippen LogP contribution in [0.4, 0.5) is 14.9 Å². The molecule has 13 atom stereocenters. The highest BCUT2D eigenvalue weighted by Gasteiger charge is 2.61. The van der Waals surface area contributed by atoms with E-state index in [9.17, 15) is 24.3 Å². The average molecular weight is 817 g/mol. The fourth-order valence-electron chi connectivity index (χ4n) is 9.05. The summed E-state index contributed by atoms with van der Waals surface area (Å²) in [7, 11) is 1.37. The van der Waals surface area contributed by atoms with Gasteiger partial charge in [-0.2, -0.15) is 0 Å². The second-order valence-electron chi connectivity index (χ2n) is 16.9. The van der Waals surface area contributed by atoms with Gasteiger partial charge in [-0.05, 0) is 71.9 Å². The Morgan fingerprint density at radius 3 is 2.40 bits per heavy atom. The standard InChI is InChI=1S/C41H61FN6O10/c1-10-30-41(8)33(48(38(53)58-41)17-12-11-16-47-21-29(45-46-47)26-14-13-15-27(43)19-26)24(4)31(49)22(2)20-39(6,54-9)35(25(5)34(51)40(7,42)37(52)56-30)57-36-32(50)28(44)18-23(3)55-36/h13-15,19,21-25,28,30,32-33,35-36,50H,10-12,16-18,20,43-44H2,1-9H3/t22-,23?,24+,25+,28?,30-,32?,33-,35-,36+,39-,40+,41-/m1/s1. The Kier molecular flexibility index (Phi) is 13.7. The van der Waals surface area contributed by atoms with Crippen LogP contribution in [0.3, 0.4) is 0 Å². The van der Waals surface area contributed by atoms with Crippen LogP contribution in [0.5, 0.6) is 0 Å². The van der Waals surface area contributed by atoms with Crippen molar-refractivity contribution >= 4 is 29.3 Å². The molecule has 3 fully saturated rings. The number of ketones is 2. The van der Waals surface area contributed by atoms with Crippen molar-refractivity contribution < 1.29 is 52.4 Å². The number of halogens is 1. The van der Waals surface area contributed by atoms with E-state index >= 15 is 4.39 Å². The van der Waals surface area contributed by atoms with Crippen molar-refractivity contribution in [2.45, 2.75) is 154 Å². The maximum atomic E-state index is 16.8. The smallest absolute Gasteiger partial charge is 0.410 e. The number of fused-ring (bicyclic) bond motifs is 1. The highest BCUT2D eigenvalue weighted by Crippen LogP contribution is 2.43. The molecule has 0 bridgehead atoms. The molecule has 5 N–H and O–H groups in total. The van der Waals surface area contributed by atoms with Crippen molar-refractivity contribution in [2.24, 2.45) is 23.5 Å². The van der Waals surface area contributed by atoms with Crippen LogP contribution in [0.2, 0.25) is 0 Å². The van der Waals surface area contributed by atoms with Gasteiger partial charge in [-0.25, -0.2) is 14.0 Å². The number of aromatic nitrogens is 3. The zero-order valence-electron chi connectivity index (χ0n) is 35.1. The monoisotopic (exact) mass is 816 g/mol. The number of cyclic esters (lactones) is 1. The van der Waals surface area contributed by atoms with Gasteiger partial charge in [0.05, 0.1) is 30.0 Å². The predicted octanol–water partition coefficient (Wildman–Crippen LogP) is 4.00. The molecular weight excluding hydrogens is 755 g/mol. The van der Waals surface area contributed by atoms with Crippen LogP contribution in [0, 0.1) is 17.8 Å². The Labute approximate surface area is 339 Å². The van der Waals surface area contributed by atoms with E-state index in [-0.39, 0.29) is 25.2 Å². The van der Waals surface area contributed by atoms with Gasteiger partial charge in [0, 0.05) is 55.2 Å². The molecule has 16 nitrogen and oxygen atoms in total. The van der Waals surface area contributed by atoms with E-state index in [1.807, 2.05) is 24.4 Å². The first-order chi connectivity index (χ1) is 27.2. The molecule has 3 saturated heterocycles. The number of aryl methyl sites for hydroxylation is 1. The van der Waals surface area contributed by atoms with Gasteiger partial charge in [-0.3, -0.25) is 14.3 Å². The number of nitrogens with zero attached hydrogens (tertiary/aromatic N) is 4. The Bertz CT molecular complexity index is 1810. The fourth-order valence-corrected chi connectivity index (χ4v) is 9.05. The number of ether oxygens (including phenoxy) is 5. The number of hydrogen-bond donors (Lipinski definition) is 3. The molecule has 0 spiro atoms. The molecule has 5 rings (SSSR count). The molecule has 17 heteroatoms. The molecule has 4 heterocycles. The maximum Gasteiger partial charge on any atom is 0.410 e. The van der Waals surface area contributed by atoms with Crippen molar-refractivity contribution in [2.75, 3.05) is 19.4 Å². The average Bonchev–Trinajstić information content (AvgIpc) is 3.75. The van der Waals surface area contributed by atoms with Crippen molar-refractivity contribution in [3.8, 4) is 11.3 Å². The third kappa shape index (κ3) is 8.93. The molecule has 58 heavy (non-hydrogen) atoms. The van der Waals surface area contributed by atoms with Gasteiger partial charge < -0.3 is 45.2 Å². The Hall–Kier alpha value is -4.03. The Morgan fingerprint density at radius 2 is 1.74 bits per heavy atom. The number of anilines is 1.